The Bertz CT molecular complexity index is 423. The third-order valence-electron chi connectivity index (χ3n) is 4.17. The molecule has 1 aliphatic heterocycles. The van der Waals surface area contributed by atoms with E-state index in [4.69, 9.17) is 0 Å². The van der Waals surface area contributed by atoms with E-state index in [1.54, 1.807) is 0 Å². The fraction of sp³-hybridized carbons (Fsp3) is 0.706. The third kappa shape index (κ3) is 4.97. The molecule has 0 amide bonds. The smallest absolute Gasteiger partial charge is 0.0598 e. The van der Waals surface area contributed by atoms with Crippen LogP contribution in [0.2, 0.25) is 0 Å². The maximum Gasteiger partial charge on any atom is 0.0598 e. The monoisotopic (exact) mass is 290 g/mol. The van der Waals surface area contributed by atoms with E-state index >= 15 is 0 Å². The topological polar surface area (TPSA) is 31.4 Å². The highest BCUT2D eigenvalue weighted by Gasteiger charge is 2.21. The SMILES string of the molecule is CC(C)NCc1ccncc1N1CCC(CN(C)C)CC1. The van der Waals surface area contributed by atoms with Gasteiger partial charge in [0.15, 0.2) is 0 Å². The number of anilines is 1. The Hall–Kier alpha value is -1.13. The fourth-order valence-electron chi connectivity index (χ4n) is 3.04. The second-order valence-corrected chi connectivity index (χ2v) is 6.73. The molecule has 1 aliphatic rings. The van der Waals surface area contributed by atoms with Crippen LogP contribution in [-0.4, -0.2) is 49.7 Å². The Morgan fingerprint density at radius 1 is 1.33 bits per heavy atom. The molecule has 0 atom stereocenters. The Kier molecular flexibility index (Phi) is 6.00. The summed E-state index contributed by atoms with van der Waals surface area (Å²) in [5, 5.41) is 3.52. The standard InChI is InChI=1S/C17H30N4/c1-14(2)19-11-16-5-8-18-12-17(16)21-9-6-15(7-10-21)13-20(3)4/h5,8,12,14-15,19H,6-7,9-11,13H2,1-4H3. The zero-order valence-corrected chi connectivity index (χ0v) is 14.0. The summed E-state index contributed by atoms with van der Waals surface area (Å²) < 4.78 is 0. The summed E-state index contributed by atoms with van der Waals surface area (Å²) in [7, 11) is 4.34. The number of aromatic nitrogens is 1. The first-order chi connectivity index (χ1) is 10.1. The van der Waals surface area contributed by atoms with Crippen LogP contribution in [0.25, 0.3) is 0 Å². The van der Waals surface area contributed by atoms with Gasteiger partial charge >= 0.3 is 0 Å². The van der Waals surface area contributed by atoms with Gasteiger partial charge in [-0.15, -0.1) is 0 Å². The predicted octanol–water partition coefficient (Wildman–Crippen LogP) is 2.36. The van der Waals surface area contributed by atoms with Crippen molar-refractivity contribution in [2.75, 3.05) is 38.6 Å². The van der Waals surface area contributed by atoms with Crippen molar-refractivity contribution in [1.82, 2.24) is 15.2 Å². The minimum Gasteiger partial charge on any atom is -0.370 e. The van der Waals surface area contributed by atoms with Crippen molar-refractivity contribution in [3.05, 3.63) is 24.0 Å². The van der Waals surface area contributed by atoms with Gasteiger partial charge in [0.1, 0.15) is 0 Å². The molecule has 4 nitrogen and oxygen atoms in total. The average Bonchev–Trinajstić information content (AvgIpc) is 2.46. The van der Waals surface area contributed by atoms with Gasteiger partial charge in [-0.1, -0.05) is 13.8 Å². The minimum atomic E-state index is 0.511. The number of hydrogen-bond donors (Lipinski definition) is 1. The molecule has 1 aromatic heterocycles. The molecular formula is C17H30N4. The second-order valence-electron chi connectivity index (χ2n) is 6.73. The lowest BCUT2D eigenvalue weighted by Crippen LogP contribution is -2.38. The van der Waals surface area contributed by atoms with E-state index in [1.807, 2.05) is 12.4 Å². The summed E-state index contributed by atoms with van der Waals surface area (Å²) in [5.74, 6) is 0.838. The number of hydrogen-bond acceptors (Lipinski definition) is 4. The van der Waals surface area contributed by atoms with Crippen molar-refractivity contribution in [3.63, 3.8) is 0 Å². The highest BCUT2D eigenvalue weighted by Crippen LogP contribution is 2.26. The van der Waals surface area contributed by atoms with Crippen LogP contribution in [0.1, 0.15) is 32.3 Å². The van der Waals surface area contributed by atoms with E-state index in [-0.39, 0.29) is 0 Å². The van der Waals surface area contributed by atoms with Gasteiger partial charge in [0.05, 0.1) is 11.9 Å². The van der Waals surface area contributed by atoms with E-state index in [2.05, 4.69) is 54.1 Å². The average molecular weight is 290 g/mol. The normalized spacial score (nSPS) is 17.0. The van der Waals surface area contributed by atoms with Gasteiger partial charge in [-0.3, -0.25) is 4.98 Å². The van der Waals surface area contributed by atoms with Crippen LogP contribution in [0, 0.1) is 5.92 Å². The largest absolute Gasteiger partial charge is 0.370 e. The van der Waals surface area contributed by atoms with Crippen molar-refractivity contribution in [1.29, 1.82) is 0 Å². The Balaban J connectivity index is 1.96. The van der Waals surface area contributed by atoms with Crippen LogP contribution in [0.5, 0.6) is 0 Å². The molecule has 1 aromatic rings. The molecule has 0 aliphatic carbocycles. The molecular weight excluding hydrogens is 260 g/mol. The van der Waals surface area contributed by atoms with Crippen molar-refractivity contribution in [2.24, 2.45) is 5.92 Å². The van der Waals surface area contributed by atoms with Gasteiger partial charge in [0.2, 0.25) is 0 Å². The summed E-state index contributed by atoms with van der Waals surface area (Å²) >= 11 is 0. The molecule has 21 heavy (non-hydrogen) atoms. The van der Waals surface area contributed by atoms with Gasteiger partial charge in [-0.05, 0) is 44.5 Å². The highest BCUT2D eigenvalue weighted by molar-refractivity contribution is 5.52. The van der Waals surface area contributed by atoms with Crippen molar-refractivity contribution < 1.29 is 0 Å². The van der Waals surface area contributed by atoms with Crippen LogP contribution < -0.4 is 10.2 Å². The first-order valence-electron chi connectivity index (χ1n) is 8.12. The van der Waals surface area contributed by atoms with Crippen molar-refractivity contribution in [3.8, 4) is 0 Å². The maximum absolute atomic E-state index is 4.34. The first-order valence-corrected chi connectivity index (χ1v) is 8.12. The summed E-state index contributed by atoms with van der Waals surface area (Å²) in [5.41, 5.74) is 2.68. The lowest BCUT2D eigenvalue weighted by molar-refractivity contribution is 0.285. The number of nitrogens with one attached hydrogen (secondary N) is 1. The molecule has 0 saturated carbocycles. The number of piperidine rings is 1. The van der Waals surface area contributed by atoms with Gasteiger partial charge in [-0.2, -0.15) is 0 Å². The maximum atomic E-state index is 4.34. The molecule has 0 aromatic carbocycles. The molecule has 1 saturated heterocycles. The third-order valence-corrected chi connectivity index (χ3v) is 4.17. The molecule has 0 unspecified atom stereocenters. The Morgan fingerprint density at radius 3 is 2.67 bits per heavy atom. The summed E-state index contributed by atoms with van der Waals surface area (Å²) in [6, 6.07) is 2.66. The quantitative estimate of drug-likeness (QED) is 0.871. The fourth-order valence-corrected chi connectivity index (χ4v) is 3.04. The van der Waals surface area contributed by atoms with Gasteiger partial charge in [0.25, 0.3) is 0 Å². The first kappa shape index (κ1) is 16.2. The van der Waals surface area contributed by atoms with E-state index < -0.39 is 0 Å². The van der Waals surface area contributed by atoms with Crippen LogP contribution >= 0.6 is 0 Å². The molecule has 2 rings (SSSR count). The van der Waals surface area contributed by atoms with Crippen LogP contribution in [-0.2, 0) is 6.54 Å². The molecule has 1 N–H and O–H groups in total. The molecule has 0 radical (unpaired) electrons. The van der Waals surface area contributed by atoms with E-state index in [0.29, 0.717) is 6.04 Å². The summed E-state index contributed by atoms with van der Waals surface area (Å²) in [4.78, 5) is 9.16. The molecule has 4 heteroatoms. The minimum absolute atomic E-state index is 0.511. The Labute approximate surface area is 129 Å². The van der Waals surface area contributed by atoms with Crippen LogP contribution in [0.4, 0.5) is 5.69 Å². The summed E-state index contributed by atoms with van der Waals surface area (Å²) in [6.07, 6.45) is 6.50. The zero-order valence-electron chi connectivity index (χ0n) is 14.0. The van der Waals surface area contributed by atoms with Gasteiger partial charge < -0.3 is 15.1 Å². The van der Waals surface area contributed by atoms with E-state index in [0.717, 1.165) is 25.6 Å². The second kappa shape index (κ2) is 7.76. The molecule has 118 valence electrons. The molecule has 2 heterocycles. The van der Waals surface area contributed by atoms with Crippen LogP contribution in [0.15, 0.2) is 18.5 Å². The number of nitrogens with zero attached hydrogens (tertiary/aromatic N) is 3. The number of pyridine rings is 1. The predicted molar refractivity (Wildman–Crippen MR) is 89.7 cm³/mol. The lowest BCUT2D eigenvalue weighted by Gasteiger charge is -2.35. The summed E-state index contributed by atoms with van der Waals surface area (Å²) in [6.45, 7) is 8.81. The Morgan fingerprint density at radius 2 is 2.05 bits per heavy atom. The van der Waals surface area contributed by atoms with E-state index in [9.17, 15) is 0 Å². The molecule has 0 spiro atoms. The van der Waals surface area contributed by atoms with Gasteiger partial charge in [0, 0.05) is 38.4 Å². The molecule has 1 fully saturated rings. The van der Waals surface area contributed by atoms with Crippen molar-refractivity contribution >= 4 is 5.69 Å². The van der Waals surface area contributed by atoms with Crippen LogP contribution in [0.3, 0.4) is 0 Å². The number of rotatable bonds is 6. The lowest BCUT2D eigenvalue weighted by atomic mass is 9.95. The highest BCUT2D eigenvalue weighted by atomic mass is 15.1. The van der Waals surface area contributed by atoms with Gasteiger partial charge in [-0.25, -0.2) is 0 Å². The van der Waals surface area contributed by atoms with Crippen molar-refractivity contribution in [2.45, 2.75) is 39.3 Å². The zero-order chi connectivity index (χ0) is 15.2. The van der Waals surface area contributed by atoms with E-state index in [1.165, 1.54) is 30.6 Å². The molecule has 0 bridgehead atoms.